The molecule has 0 spiro atoms. The summed E-state index contributed by atoms with van der Waals surface area (Å²) in [4.78, 5) is 24.9. The van der Waals surface area contributed by atoms with Crippen molar-refractivity contribution in [3.63, 3.8) is 0 Å². The van der Waals surface area contributed by atoms with Gasteiger partial charge >= 0.3 is 5.97 Å². The van der Waals surface area contributed by atoms with Crippen LogP contribution < -0.4 is 5.32 Å². The molecular formula is C11H22N2O5. The first-order chi connectivity index (χ1) is 8.04. The third-order valence-electron chi connectivity index (χ3n) is 2.56. The number of nitrogens with one attached hydrogen (secondary N) is 1. The van der Waals surface area contributed by atoms with Gasteiger partial charge in [-0.3, -0.25) is 4.79 Å². The minimum absolute atomic E-state index is 0.0159. The summed E-state index contributed by atoms with van der Waals surface area (Å²) in [6.45, 7) is 7.64. The van der Waals surface area contributed by atoms with Crippen molar-refractivity contribution in [1.29, 1.82) is 0 Å². The summed E-state index contributed by atoms with van der Waals surface area (Å²) >= 11 is 0. The van der Waals surface area contributed by atoms with E-state index in [4.69, 9.17) is 5.11 Å². The fourth-order valence-corrected chi connectivity index (χ4v) is 1.84. The van der Waals surface area contributed by atoms with Crippen LogP contribution in [-0.2, 0) is 9.63 Å². The van der Waals surface area contributed by atoms with Crippen LogP contribution in [-0.4, -0.2) is 33.8 Å². The maximum Gasteiger partial charge on any atom is 0.303 e. The molecule has 0 heterocycles. The van der Waals surface area contributed by atoms with E-state index in [2.05, 4.69) is 10.2 Å². The molecule has 0 amide bonds. The van der Waals surface area contributed by atoms with Crippen LogP contribution in [0.15, 0.2) is 0 Å². The molecule has 0 radical (unpaired) electrons. The normalized spacial score (nSPS) is 12.2. The number of nitrogens with zero attached hydrogens (tertiary/aromatic N) is 1. The van der Waals surface area contributed by atoms with Crippen LogP contribution >= 0.6 is 0 Å². The maximum atomic E-state index is 10.5. The first-order valence-electron chi connectivity index (χ1n) is 5.82. The molecule has 18 heavy (non-hydrogen) atoms. The Bertz CT molecular complexity index is 302. The fourth-order valence-electron chi connectivity index (χ4n) is 1.84. The Hall–Kier alpha value is -1.37. The number of hydrogen-bond acceptors (Lipinski definition) is 5. The summed E-state index contributed by atoms with van der Waals surface area (Å²) in [6.07, 6.45) is 1.04. The zero-order valence-electron chi connectivity index (χ0n) is 11.4. The van der Waals surface area contributed by atoms with Gasteiger partial charge in [-0.25, -0.2) is 0 Å². The Morgan fingerprint density at radius 1 is 1.28 bits per heavy atom. The quantitative estimate of drug-likeness (QED) is 0.483. The van der Waals surface area contributed by atoms with Gasteiger partial charge in [0.1, 0.15) is 0 Å². The van der Waals surface area contributed by atoms with Gasteiger partial charge in [-0.05, 0) is 40.5 Å². The van der Waals surface area contributed by atoms with Gasteiger partial charge in [-0.2, -0.15) is 0 Å². The van der Waals surface area contributed by atoms with Crippen molar-refractivity contribution in [3.8, 4) is 0 Å². The Labute approximate surface area is 107 Å². The molecule has 0 bridgehead atoms. The van der Waals surface area contributed by atoms with Crippen molar-refractivity contribution in [1.82, 2.24) is 5.32 Å². The molecule has 0 aliphatic carbocycles. The molecule has 0 atom stereocenters. The van der Waals surface area contributed by atoms with Crippen molar-refractivity contribution in [2.45, 2.75) is 58.0 Å². The third-order valence-corrected chi connectivity index (χ3v) is 2.56. The molecule has 106 valence electrons. The van der Waals surface area contributed by atoms with Gasteiger partial charge < -0.3 is 15.3 Å². The number of carboxylic acid groups (broad SMARTS) is 1. The molecule has 7 nitrogen and oxygen atoms in total. The van der Waals surface area contributed by atoms with Gasteiger partial charge in [0.2, 0.25) is 0 Å². The lowest BCUT2D eigenvalue weighted by Crippen LogP contribution is -2.52. The van der Waals surface area contributed by atoms with E-state index in [1.54, 1.807) is 0 Å². The predicted octanol–water partition coefficient (Wildman–Crippen LogP) is 1.60. The number of carbonyl (C=O) groups is 1. The topological polar surface area (TPSA) is 102 Å². The lowest BCUT2D eigenvalue weighted by atomic mass is 9.91. The first kappa shape index (κ1) is 16.6. The average molecular weight is 262 g/mol. The summed E-state index contributed by atoms with van der Waals surface area (Å²) in [5.74, 6) is -0.834. The zero-order valence-corrected chi connectivity index (χ0v) is 11.4. The highest BCUT2D eigenvalue weighted by Gasteiger charge is 2.27. The van der Waals surface area contributed by atoms with Crippen molar-refractivity contribution >= 4 is 5.97 Å². The lowest BCUT2D eigenvalue weighted by Gasteiger charge is -2.37. The van der Waals surface area contributed by atoms with Crippen LogP contribution in [0, 0.1) is 10.1 Å². The van der Waals surface area contributed by atoms with E-state index in [1.807, 2.05) is 27.7 Å². The van der Waals surface area contributed by atoms with Crippen molar-refractivity contribution in [2.75, 3.05) is 6.61 Å². The molecule has 0 unspecified atom stereocenters. The van der Waals surface area contributed by atoms with Gasteiger partial charge in [0.25, 0.3) is 5.09 Å². The summed E-state index contributed by atoms with van der Waals surface area (Å²) < 4.78 is 0. The number of rotatable bonds is 9. The van der Waals surface area contributed by atoms with Gasteiger partial charge in [-0.15, -0.1) is 10.1 Å². The molecule has 0 rings (SSSR count). The maximum absolute atomic E-state index is 10.5. The summed E-state index contributed by atoms with van der Waals surface area (Å²) in [6, 6.07) is 0. The second-order valence-corrected chi connectivity index (χ2v) is 5.59. The summed E-state index contributed by atoms with van der Waals surface area (Å²) in [7, 11) is 0. The molecule has 0 saturated carbocycles. The van der Waals surface area contributed by atoms with E-state index >= 15 is 0 Å². The standard InChI is InChI=1S/C11H22N2O5/c1-10(2,6-5-9(14)15)12-11(3,4)7-8-18-13(16)17/h12H,5-8H2,1-4H3,(H,14,15). The van der Waals surface area contributed by atoms with E-state index in [1.165, 1.54) is 0 Å². The zero-order chi connectivity index (χ0) is 14.4. The highest BCUT2D eigenvalue weighted by Crippen LogP contribution is 2.19. The second-order valence-electron chi connectivity index (χ2n) is 5.59. The average Bonchev–Trinajstić information content (AvgIpc) is 2.12. The molecule has 0 aliphatic rings. The molecule has 2 N–H and O–H groups in total. The highest BCUT2D eigenvalue weighted by molar-refractivity contribution is 5.66. The van der Waals surface area contributed by atoms with E-state index in [-0.39, 0.29) is 24.1 Å². The monoisotopic (exact) mass is 262 g/mol. The second kappa shape index (κ2) is 6.53. The van der Waals surface area contributed by atoms with Crippen LogP contribution in [0.2, 0.25) is 0 Å². The Balaban J connectivity index is 4.18. The molecule has 0 aliphatic heterocycles. The third kappa shape index (κ3) is 8.74. The summed E-state index contributed by atoms with van der Waals surface area (Å²) in [5, 5.41) is 21.2. The van der Waals surface area contributed by atoms with Crippen LogP contribution in [0.5, 0.6) is 0 Å². The Morgan fingerprint density at radius 3 is 2.22 bits per heavy atom. The number of carboxylic acids is 1. The molecule has 0 aromatic rings. The molecule has 0 aromatic heterocycles. The first-order valence-corrected chi connectivity index (χ1v) is 5.82. The van der Waals surface area contributed by atoms with Crippen LogP contribution in [0.4, 0.5) is 0 Å². The van der Waals surface area contributed by atoms with E-state index < -0.39 is 11.1 Å². The highest BCUT2D eigenvalue weighted by atomic mass is 16.9. The number of aliphatic carboxylic acids is 1. The molecular weight excluding hydrogens is 240 g/mol. The summed E-state index contributed by atoms with van der Waals surface area (Å²) in [5.41, 5.74) is -0.714. The van der Waals surface area contributed by atoms with E-state index in [0.29, 0.717) is 12.8 Å². The van der Waals surface area contributed by atoms with Crippen molar-refractivity contribution < 1.29 is 19.8 Å². The molecule has 0 saturated heterocycles. The minimum Gasteiger partial charge on any atom is -0.481 e. The van der Waals surface area contributed by atoms with Gasteiger partial charge in [0, 0.05) is 17.5 Å². The SMILES string of the molecule is CC(C)(CCO[N+](=O)[O-])NC(C)(C)CCC(=O)O. The fraction of sp³-hybridized carbons (Fsp3) is 0.909. The van der Waals surface area contributed by atoms with Gasteiger partial charge in [0.15, 0.2) is 0 Å². The molecule has 7 heteroatoms. The molecule has 0 aromatic carbocycles. The Kier molecular flexibility index (Phi) is 6.04. The molecule has 0 fully saturated rings. The van der Waals surface area contributed by atoms with E-state index in [0.717, 1.165) is 0 Å². The number of hydrogen-bond donors (Lipinski definition) is 2. The predicted molar refractivity (Wildman–Crippen MR) is 65.7 cm³/mol. The Morgan fingerprint density at radius 2 is 1.78 bits per heavy atom. The van der Waals surface area contributed by atoms with E-state index in [9.17, 15) is 14.9 Å². The van der Waals surface area contributed by atoms with Crippen LogP contribution in [0.25, 0.3) is 0 Å². The van der Waals surface area contributed by atoms with Crippen molar-refractivity contribution in [3.05, 3.63) is 10.1 Å². The lowest BCUT2D eigenvalue weighted by molar-refractivity contribution is -0.758. The van der Waals surface area contributed by atoms with Crippen molar-refractivity contribution in [2.24, 2.45) is 0 Å². The van der Waals surface area contributed by atoms with Crippen LogP contribution in [0.1, 0.15) is 47.0 Å². The smallest absolute Gasteiger partial charge is 0.303 e. The van der Waals surface area contributed by atoms with Gasteiger partial charge in [0.05, 0.1) is 6.61 Å². The van der Waals surface area contributed by atoms with Crippen LogP contribution in [0.3, 0.4) is 0 Å². The van der Waals surface area contributed by atoms with Gasteiger partial charge in [-0.1, -0.05) is 0 Å². The largest absolute Gasteiger partial charge is 0.481 e. The minimum atomic E-state index is -0.834.